The Balaban J connectivity index is 1.91. The average Bonchev–Trinajstić information content (AvgIpc) is 3.22. The van der Waals surface area contributed by atoms with Gasteiger partial charge in [0.2, 0.25) is 5.91 Å². The van der Waals surface area contributed by atoms with Crippen molar-refractivity contribution in [3.8, 4) is 0 Å². The molecule has 1 saturated carbocycles. The van der Waals surface area contributed by atoms with E-state index in [4.69, 9.17) is 4.74 Å². The zero-order valence-electron chi connectivity index (χ0n) is 17.0. The summed E-state index contributed by atoms with van der Waals surface area (Å²) in [6, 6.07) is 20.1. The normalized spacial score (nSPS) is 24.8. The third-order valence-corrected chi connectivity index (χ3v) is 6.52. The minimum atomic E-state index is -0.844. The highest BCUT2D eigenvalue weighted by molar-refractivity contribution is 5.92. The van der Waals surface area contributed by atoms with Crippen LogP contribution in [0.4, 0.5) is 0 Å². The van der Waals surface area contributed by atoms with E-state index in [0.717, 1.165) is 11.1 Å². The lowest BCUT2D eigenvalue weighted by molar-refractivity contribution is -0.159. The van der Waals surface area contributed by atoms with E-state index in [0.29, 0.717) is 19.5 Å². The van der Waals surface area contributed by atoms with E-state index in [9.17, 15) is 14.4 Å². The van der Waals surface area contributed by atoms with Crippen LogP contribution in [0.15, 0.2) is 73.3 Å². The number of Topliss-reactive ketones (excluding diaryl/α,β-unsaturated/α-hetero) is 1. The fourth-order valence-electron chi connectivity index (χ4n) is 5.29. The lowest BCUT2D eigenvalue weighted by Crippen LogP contribution is -2.54. The summed E-state index contributed by atoms with van der Waals surface area (Å²) in [5.74, 6) is -1.29. The maximum atomic E-state index is 13.3. The van der Waals surface area contributed by atoms with Crippen LogP contribution < -0.4 is 0 Å². The van der Waals surface area contributed by atoms with Crippen molar-refractivity contribution in [3.05, 3.63) is 84.4 Å². The Bertz CT molecular complexity index is 930. The minimum absolute atomic E-state index is 0.1000. The fraction of sp³-hybridized carbons (Fsp3) is 0.320. The van der Waals surface area contributed by atoms with Crippen molar-refractivity contribution in [1.29, 1.82) is 0 Å². The second kappa shape index (κ2) is 7.90. The van der Waals surface area contributed by atoms with Crippen LogP contribution in [0.5, 0.6) is 0 Å². The summed E-state index contributed by atoms with van der Waals surface area (Å²) in [5, 5.41) is 0. The first-order valence-corrected chi connectivity index (χ1v) is 10.2. The molecule has 5 heteroatoms. The Morgan fingerprint density at radius 1 is 1.03 bits per heavy atom. The quantitative estimate of drug-likeness (QED) is 0.581. The molecule has 30 heavy (non-hydrogen) atoms. The molecule has 3 unspecified atom stereocenters. The Morgan fingerprint density at radius 3 is 2.10 bits per heavy atom. The summed E-state index contributed by atoms with van der Waals surface area (Å²) >= 11 is 0. The lowest BCUT2D eigenvalue weighted by atomic mass is 9.55. The van der Waals surface area contributed by atoms with Gasteiger partial charge < -0.3 is 9.64 Å². The highest BCUT2D eigenvalue weighted by atomic mass is 16.5. The van der Waals surface area contributed by atoms with Crippen molar-refractivity contribution < 1.29 is 19.1 Å². The van der Waals surface area contributed by atoms with Crippen molar-refractivity contribution in [2.75, 3.05) is 13.1 Å². The standard InChI is InChI=1S/C25H25NO4/c1-3-23(28)26-15-20-21(16-26)25(18-10-6-4-7-11-18,19-12-8-5-9-13-19)14-22(24(20)29)30-17(2)27/h3-13,20-22H,1,14-16H2,2H3. The number of esters is 1. The van der Waals surface area contributed by atoms with Crippen LogP contribution in [-0.4, -0.2) is 41.8 Å². The molecule has 2 fully saturated rings. The van der Waals surface area contributed by atoms with Crippen LogP contribution in [0.2, 0.25) is 0 Å². The van der Waals surface area contributed by atoms with Crippen LogP contribution in [0, 0.1) is 11.8 Å². The lowest BCUT2D eigenvalue weighted by Gasteiger charge is -2.47. The second-order valence-corrected chi connectivity index (χ2v) is 8.07. The van der Waals surface area contributed by atoms with Crippen LogP contribution >= 0.6 is 0 Å². The molecule has 0 bridgehead atoms. The number of ether oxygens (including phenoxy) is 1. The minimum Gasteiger partial charge on any atom is -0.454 e. The van der Waals surface area contributed by atoms with Crippen LogP contribution in [0.3, 0.4) is 0 Å². The van der Waals surface area contributed by atoms with Gasteiger partial charge in [0, 0.05) is 43.7 Å². The van der Waals surface area contributed by atoms with Gasteiger partial charge in [0.05, 0.1) is 0 Å². The SMILES string of the molecule is C=CC(=O)N1CC2C(=O)C(OC(C)=O)CC(c3ccccc3)(c3ccccc3)C2C1. The number of hydrogen-bond donors (Lipinski definition) is 0. The van der Waals surface area contributed by atoms with Crippen molar-refractivity contribution in [2.45, 2.75) is 24.9 Å². The van der Waals surface area contributed by atoms with E-state index in [2.05, 4.69) is 30.8 Å². The van der Waals surface area contributed by atoms with E-state index < -0.39 is 23.4 Å². The Hall–Kier alpha value is -3.21. The van der Waals surface area contributed by atoms with Gasteiger partial charge in [-0.2, -0.15) is 0 Å². The zero-order chi connectivity index (χ0) is 21.3. The van der Waals surface area contributed by atoms with Gasteiger partial charge in [-0.3, -0.25) is 14.4 Å². The number of rotatable bonds is 4. The fourth-order valence-corrected chi connectivity index (χ4v) is 5.29. The maximum absolute atomic E-state index is 13.3. The van der Waals surface area contributed by atoms with Gasteiger partial charge >= 0.3 is 5.97 Å². The highest BCUT2D eigenvalue weighted by Crippen LogP contribution is 2.53. The number of likely N-dealkylation sites (tertiary alicyclic amines) is 1. The summed E-state index contributed by atoms with van der Waals surface area (Å²) in [7, 11) is 0. The first-order chi connectivity index (χ1) is 14.5. The van der Waals surface area contributed by atoms with Crippen molar-refractivity contribution in [1.82, 2.24) is 4.90 Å². The van der Waals surface area contributed by atoms with Crippen molar-refractivity contribution in [3.63, 3.8) is 0 Å². The third kappa shape index (κ3) is 3.24. The number of carbonyl (C=O) groups excluding carboxylic acids is 3. The molecule has 2 aromatic carbocycles. The largest absolute Gasteiger partial charge is 0.454 e. The molecule has 1 aliphatic heterocycles. The monoisotopic (exact) mass is 403 g/mol. The number of fused-ring (bicyclic) bond motifs is 1. The molecule has 154 valence electrons. The summed E-state index contributed by atoms with van der Waals surface area (Å²) in [6.45, 7) is 5.70. The molecular weight excluding hydrogens is 378 g/mol. The van der Waals surface area contributed by atoms with E-state index in [-0.39, 0.29) is 17.6 Å². The molecule has 0 spiro atoms. The summed E-state index contributed by atoms with van der Waals surface area (Å²) in [4.78, 5) is 39.2. The average molecular weight is 403 g/mol. The molecule has 5 nitrogen and oxygen atoms in total. The van der Waals surface area contributed by atoms with Gasteiger partial charge in [-0.15, -0.1) is 0 Å². The van der Waals surface area contributed by atoms with E-state index in [1.807, 2.05) is 36.4 Å². The predicted molar refractivity (Wildman–Crippen MR) is 113 cm³/mol. The summed E-state index contributed by atoms with van der Waals surface area (Å²) in [5.41, 5.74) is 1.56. The molecule has 4 rings (SSSR count). The molecular formula is C25H25NO4. The van der Waals surface area contributed by atoms with Gasteiger partial charge in [0.25, 0.3) is 0 Å². The number of carbonyl (C=O) groups is 3. The Morgan fingerprint density at radius 2 is 1.60 bits per heavy atom. The molecule has 1 saturated heterocycles. The zero-order valence-corrected chi connectivity index (χ0v) is 17.0. The topological polar surface area (TPSA) is 63.7 Å². The van der Waals surface area contributed by atoms with E-state index in [1.54, 1.807) is 4.90 Å². The molecule has 1 amide bonds. The van der Waals surface area contributed by atoms with Crippen LogP contribution in [-0.2, 0) is 24.5 Å². The van der Waals surface area contributed by atoms with Gasteiger partial charge in [0.15, 0.2) is 11.9 Å². The van der Waals surface area contributed by atoms with Crippen molar-refractivity contribution in [2.24, 2.45) is 11.8 Å². The van der Waals surface area contributed by atoms with E-state index in [1.165, 1.54) is 13.0 Å². The maximum Gasteiger partial charge on any atom is 0.303 e. The summed E-state index contributed by atoms with van der Waals surface area (Å²) < 4.78 is 5.52. The first kappa shape index (κ1) is 20.1. The van der Waals surface area contributed by atoms with Crippen molar-refractivity contribution >= 4 is 17.7 Å². The number of ketones is 1. The van der Waals surface area contributed by atoms with E-state index >= 15 is 0 Å². The number of hydrogen-bond acceptors (Lipinski definition) is 4. The molecule has 1 aliphatic carbocycles. The number of benzene rings is 2. The molecule has 0 aromatic heterocycles. The first-order valence-electron chi connectivity index (χ1n) is 10.2. The molecule has 1 heterocycles. The van der Waals surface area contributed by atoms with Crippen LogP contribution in [0.25, 0.3) is 0 Å². The number of amides is 1. The molecule has 2 aliphatic rings. The van der Waals surface area contributed by atoms with Gasteiger partial charge in [-0.1, -0.05) is 67.2 Å². The van der Waals surface area contributed by atoms with Gasteiger partial charge in [-0.05, 0) is 17.2 Å². The Labute approximate surface area is 176 Å². The van der Waals surface area contributed by atoms with Gasteiger partial charge in [-0.25, -0.2) is 0 Å². The van der Waals surface area contributed by atoms with Gasteiger partial charge in [0.1, 0.15) is 0 Å². The predicted octanol–water partition coefficient (Wildman–Crippen LogP) is 3.14. The molecule has 2 aromatic rings. The summed E-state index contributed by atoms with van der Waals surface area (Å²) in [6.07, 6.45) is 0.803. The molecule has 3 atom stereocenters. The number of nitrogens with zero attached hydrogens (tertiary/aromatic N) is 1. The smallest absolute Gasteiger partial charge is 0.303 e. The molecule has 0 radical (unpaired) electrons. The Kier molecular flexibility index (Phi) is 5.29. The highest BCUT2D eigenvalue weighted by Gasteiger charge is 2.59. The third-order valence-electron chi connectivity index (χ3n) is 6.52. The molecule has 0 N–H and O–H groups in total. The second-order valence-electron chi connectivity index (χ2n) is 8.07. The van der Waals surface area contributed by atoms with Crippen LogP contribution in [0.1, 0.15) is 24.5 Å².